The average Bonchev–Trinajstić information content (AvgIpc) is 2.78. The molecule has 4 N–H and O–H groups in total. The zero-order chi connectivity index (χ0) is 22.1. The quantitative estimate of drug-likeness (QED) is 0.345. The standard InChI is InChI=1S/C23H30N4O4/c28-17-21(29)13-19-7-4-8-20(23(19)31)14-24-25-22(30)16-27-11-9-26(10-12-27)15-18-5-2-1-3-6-18/h1-8,14,21,28-29,31H,9-13,15-17H2,(H,25,30)/b24-14+. The highest BCUT2D eigenvalue weighted by Gasteiger charge is 2.19. The van der Waals surface area contributed by atoms with Crippen LogP contribution in [-0.4, -0.2) is 82.7 Å². The second-order valence-corrected chi connectivity index (χ2v) is 7.73. The van der Waals surface area contributed by atoms with Gasteiger partial charge in [-0.05, 0) is 17.2 Å². The third-order valence-electron chi connectivity index (χ3n) is 5.29. The number of nitrogens with zero attached hydrogens (tertiary/aromatic N) is 3. The summed E-state index contributed by atoms with van der Waals surface area (Å²) in [5.74, 6) is -0.235. The Hall–Kier alpha value is -2.78. The van der Waals surface area contributed by atoms with Crippen LogP contribution in [0.5, 0.6) is 5.75 Å². The molecule has 2 aromatic carbocycles. The number of nitrogens with one attached hydrogen (secondary N) is 1. The summed E-state index contributed by atoms with van der Waals surface area (Å²) in [5, 5.41) is 32.8. The van der Waals surface area contributed by atoms with Crippen LogP contribution >= 0.6 is 0 Å². The van der Waals surface area contributed by atoms with Crippen LogP contribution in [0.1, 0.15) is 16.7 Å². The lowest BCUT2D eigenvalue weighted by molar-refractivity contribution is -0.122. The number of aliphatic hydroxyl groups excluding tert-OH is 2. The van der Waals surface area contributed by atoms with Crippen molar-refractivity contribution in [1.29, 1.82) is 0 Å². The minimum absolute atomic E-state index is 0.0254. The molecule has 166 valence electrons. The molecule has 1 amide bonds. The van der Waals surface area contributed by atoms with Crippen LogP contribution in [-0.2, 0) is 17.8 Å². The Morgan fingerprint density at radius 3 is 2.48 bits per heavy atom. The third-order valence-corrected chi connectivity index (χ3v) is 5.29. The zero-order valence-corrected chi connectivity index (χ0v) is 17.5. The molecule has 1 fully saturated rings. The van der Waals surface area contributed by atoms with Gasteiger partial charge < -0.3 is 15.3 Å². The Morgan fingerprint density at radius 1 is 1.06 bits per heavy atom. The van der Waals surface area contributed by atoms with Gasteiger partial charge in [0.25, 0.3) is 5.91 Å². The predicted octanol–water partition coefficient (Wildman–Crippen LogP) is 0.556. The SMILES string of the molecule is O=C(CN1CCN(Cc2ccccc2)CC1)N/N=C/c1cccc(CC(O)CO)c1O. The number of carbonyl (C=O) groups is 1. The first kappa shape index (κ1) is 22.9. The number of aliphatic hydroxyl groups is 2. The molecule has 0 saturated carbocycles. The van der Waals surface area contributed by atoms with Crippen molar-refractivity contribution in [3.05, 3.63) is 65.2 Å². The van der Waals surface area contributed by atoms with Crippen molar-refractivity contribution in [3.63, 3.8) is 0 Å². The number of piperazine rings is 1. The maximum absolute atomic E-state index is 12.2. The first-order valence-electron chi connectivity index (χ1n) is 10.5. The lowest BCUT2D eigenvalue weighted by Gasteiger charge is -2.34. The third kappa shape index (κ3) is 7.15. The number of phenolic OH excluding ortho intramolecular Hbond substituents is 1. The summed E-state index contributed by atoms with van der Waals surface area (Å²) >= 11 is 0. The van der Waals surface area contributed by atoms with Crippen molar-refractivity contribution >= 4 is 12.1 Å². The van der Waals surface area contributed by atoms with Crippen LogP contribution < -0.4 is 5.43 Å². The van der Waals surface area contributed by atoms with Crippen molar-refractivity contribution in [2.45, 2.75) is 19.1 Å². The van der Waals surface area contributed by atoms with Gasteiger partial charge in [0.2, 0.25) is 0 Å². The summed E-state index contributed by atoms with van der Waals surface area (Å²) < 4.78 is 0. The van der Waals surface area contributed by atoms with Crippen LogP contribution in [0.25, 0.3) is 0 Å². The molecule has 0 aliphatic carbocycles. The predicted molar refractivity (Wildman–Crippen MR) is 119 cm³/mol. The van der Waals surface area contributed by atoms with Crippen LogP contribution in [0.3, 0.4) is 0 Å². The molecule has 0 bridgehead atoms. The smallest absolute Gasteiger partial charge is 0.254 e. The van der Waals surface area contributed by atoms with E-state index in [2.05, 4.69) is 32.5 Å². The summed E-state index contributed by atoms with van der Waals surface area (Å²) in [7, 11) is 0. The summed E-state index contributed by atoms with van der Waals surface area (Å²) in [4.78, 5) is 16.7. The van der Waals surface area contributed by atoms with E-state index in [9.17, 15) is 15.0 Å². The van der Waals surface area contributed by atoms with Crippen molar-refractivity contribution in [2.24, 2.45) is 5.10 Å². The second kappa shape index (κ2) is 11.6. The van der Waals surface area contributed by atoms with E-state index in [1.165, 1.54) is 11.8 Å². The van der Waals surface area contributed by atoms with E-state index in [1.807, 2.05) is 18.2 Å². The molecule has 1 aliphatic heterocycles. The lowest BCUT2D eigenvalue weighted by Crippen LogP contribution is -2.48. The number of hydrazone groups is 1. The van der Waals surface area contributed by atoms with Gasteiger partial charge in [-0.15, -0.1) is 0 Å². The Kier molecular flexibility index (Phi) is 8.54. The molecule has 0 aromatic heterocycles. The van der Waals surface area contributed by atoms with Gasteiger partial charge in [0.05, 0.1) is 25.5 Å². The van der Waals surface area contributed by atoms with Crippen molar-refractivity contribution in [3.8, 4) is 5.75 Å². The maximum atomic E-state index is 12.2. The maximum Gasteiger partial charge on any atom is 0.254 e. The summed E-state index contributed by atoms with van der Waals surface area (Å²) in [6.45, 7) is 4.26. The fourth-order valence-corrected chi connectivity index (χ4v) is 3.56. The van der Waals surface area contributed by atoms with E-state index in [4.69, 9.17) is 5.11 Å². The fourth-order valence-electron chi connectivity index (χ4n) is 3.56. The van der Waals surface area contributed by atoms with Crippen molar-refractivity contribution < 1.29 is 20.1 Å². The highest BCUT2D eigenvalue weighted by atomic mass is 16.3. The Labute approximate surface area is 182 Å². The number of carbonyl (C=O) groups excluding carboxylic acids is 1. The van der Waals surface area contributed by atoms with Crippen LogP contribution in [0.15, 0.2) is 53.6 Å². The molecule has 1 aliphatic rings. The Bertz CT molecular complexity index is 867. The van der Waals surface area contributed by atoms with Gasteiger partial charge >= 0.3 is 0 Å². The van der Waals surface area contributed by atoms with Gasteiger partial charge in [0, 0.05) is 44.7 Å². The van der Waals surface area contributed by atoms with E-state index in [1.54, 1.807) is 18.2 Å². The van der Waals surface area contributed by atoms with Gasteiger partial charge in [-0.2, -0.15) is 5.10 Å². The number of para-hydroxylation sites is 1. The largest absolute Gasteiger partial charge is 0.507 e. The number of benzene rings is 2. The molecule has 1 atom stereocenters. The molecule has 8 heteroatoms. The monoisotopic (exact) mass is 426 g/mol. The van der Waals surface area contributed by atoms with Crippen LogP contribution in [0.2, 0.25) is 0 Å². The number of phenols is 1. The molecular formula is C23H30N4O4. The van der Waals surface area contributed by atoms with E-state index in [-0.39, 0.29) is 31.2 Å². The fraction of sp³-hybridized carbons (Fsp3) is 0.391. The van der Waals surface area contributed by atoms with Gasteiger partial charge in [-0.3, -0.25) is 14.6 Å². The number of rotatable bonds is 9. The lowest BCUT2D eigenvalue weighted by atomic mass is 10.0. The molecule has 31 heavy (non-hydrogen) atoms. The highest BCUT2D eigenvalue weighted by molar-refractivity contribution is 5.86. The molecule has 2 aromatic rings. The van der Waals surface area contributed by atoms with Crippen LogP contribution in [0.4, 0.5) is 0 Å². The van der Waals surface area contributed by atoms with Gasteiger partial charge in [0.1, 0.15) is 5.75 Å². The van der Waals surface area contributed by atoms with E-state index in [0.717, 1.165) is 32.7 Å². The summed E-state index contributed by atoms with van der Waals surface area (Å²) in [6.07, 6.45) is 0.567. The zero-order valence-electron chi connectivity index (χ0n) is 17.5. The molecule has 1 heterocycles. The van der Waals surface area contributed by atoms with Crippen molar-refractivity contribution in [1.82, 2.24) is 15.2 Å². The molecule has 1 saturated heterocycles. The number of hydrogen-bond donors (Lipinski definition) is 4. The first-order valence-corrected chi connectivity index (χ1v) is 10.5. The summed E-state index contributed by atoms with van der Waals surface area (Å²) in [5.41, 5.74) is 4.73. The average molecular weight is 427 g/mol. The molecule has 3 rings (SSSR count). The molecule has 0 spiro atoms. The van der Waals surface area contributed by atoms with E-state index >= 15 is 0 Å². The topological polar surface area (TPSA) is 109 Å². The number of aromatic hydroxyl groups is 1. The minimum atomic E-state index is -0.939. The molecule has 0 radical (unpaired) electrons. The normalized spacial score (nSPS) is 16.5. The Balaban J connectivity index is 1.42. The molecule has 1 unspecified atom stereocenters. The van der Waals surface area contributed by atoms with Gasteiger partial charge in [-0.1, -0.05) is 42.5 Å². The van der Waals surface area contributed by atoms with E-state index < -0.39 is 6.10 Å². The summed E-state index contributed by atoms with van der Waals surface area (Å²) in [6, 6.07) is 15.4. The molecule has 8 nitrogen and oxygen atoms in total. The number of amides is 1. The van der Waals surface area contributed by atoms with Gasteiger partial charge in [-0.25, -0.2) is 5.43 Å². The molecular weight excluding hydrogens is 396 g/mol. The second-order valence-electron chi connectivity index (χ2n) is 7.73. The van der Waals surface area contributed by atoms with E-state index in [0.29, 0.717) is 11.1 Å². The Morgan fingerprint density at radius 2 is 1.77 bits per heavy atom. The van der Waals surface area contributed by atoms with Crippen LogP contribution in [0, 0.1) is 0 Å². The number of hydrogen-bond acceptors (Lipinski definition) is 7. The minimum Gasteiger partial charge on any atom is -0.507 e. The van der Waals surface area contributed by atoms with Gasteiger partial charge in [0.15, 0.2) is 0 Å². The highest BCUT2D eigenvalue weighted by Crippen LogP contribution is 2.22. The van der Waals surface area contributed by atoms with Crippen molar-refractivity contribution in [2.75, 3.05) is 39.3 Å². The first-order chi connectivity index (χ1) is 15.0.